The van der Waals surface area contributed by atoms with E-state index >= 15 is 0 Å². The van der Waals surface area contributed by atoms with E-state index in [2.05, 4.69) is 15.6 Å². The number of nitrogens with two attached hydrogens (primary N) is 1. The van der Waals surface area contributed by atoms with Crippen molar-refractivity contribution in [3.05, 3.63) is 36.0 Å². The molecule has 0 aliphatic rings. The zero-order valence-corrected chi connectivity index (χ0v) is 22.2. The molecule has 0 aliphatic carbocycles. The molecule has 2 aromatic rings. The van der Waals surface area contributed by atoms with Gasteiger partial charge in [0.15, 0.2) is 0 Å². The third kappa shape index (κ3) is 12.9. The number of fused-ring (bicyclic) bond motifs is 1. The van der Waals surface area contributed by atoms with E-state index in [4.69, 9.17) is 29.4 Å². The highest BCUT2D eigenvalue weighted by Crippen LogP contribution is 2.19. The first-order chi connectivity index (χ1) is 17.8. The average Bonchev–Trinajstić information content (AvgIpc) is 3.25. The van der Waals surface area contributed by atoms with Gasteiger partial charge in [-0.05, 0) is 32.4 Å². The number of hydrogen-bond acceptors (Lipinski definition) is 8. The van der Waals surface area contributed by atoms with Crippen LogP contribution in [-0.2, 0) is 34.9 Å². The number of alkyl carbamates (subject to hydrolysis) is 1. The first-order valence-electron chi connectivity index (χ1n) is 12.6. The van der Waals surface area contributed by atoms with Crippen molar-refractivity contribution in [2.75, 3.05) is 65.9 Å². The van der Waals surface area contributed by atoms with Gasteiger partial charge in [-0.2, -0.15) is 0 Å². The second-order valence-corrected chi connectivity index (χ2v) is 9.29. The Kier molecular flexibility index (Phi) is 14.0. The summed E-state index contributed by atoms with van der Waals surface area (Å²) in [4.78, 5) is 28.5. The van der Waals surface area contributed by atoms with Gasteiger partial charge < -0.3 is 45.0 Å². The Balaban J connectivity index is 1.69. The Morgan fingerprint density at radius 1 is 0.919 bits per heavy atom. The van der Waals surface area contributed by atoms with Gasteiger partial charge in [0.25, 0.3) is 0 Å². The molecular formula is C26H42N4O7. The molecule has 1 aromatic heterocycles. The second-order valence-electron chi connectivity index (χ2n) is 9.29. The van der Waals surface area contributed by atoms with Crippen LogP contribution in [0.1, 0.15) is 26.3 Å². The number of H-pyrrole nitrogens is 1. The van der Waals surface area contributed by atoms with Gasteiger partial charge in [-0.25, -0.2) is 4.79 Å². The molecule has 11 nitrogen and oxygen atoms in total. The van der Waals surface area contributed by atoms with Crippen LogP contribution in [0.4, 0.5) is 4.79 Å². The third-order valence-electron chi connectivity index (χ3n) is 5.03. The first kappa shape index (κ1) is 30.5. The van der Waals surface area contributed by atoms with Crippen molar-refractivity contribution in [2.45, 2.75) is 38.8 Å². The number of carbonyl (C=O) groups is 2. The molecule has 2 rings (SSSR count). The number of para-hydroxylation sites is 1. The fourth-order valence-corrected chi connectivity index (χ4v) is 3.39. The molecule has 0 bridgehead atoms. The molecule has 37 heavy (non-hydrogen) atoms. The summed E-state index contributed by atoms with van der Waals surface area (Å²) in [6.07, 6.45) is 1.52. The van der Waals surface area contributed by atoms with Crippen LogP contribution in [-0.4, -0.2) is 94.6 Å². The van der Waals surface area contributed by atoms with Crippen LogP contribution < -0.4 is 16.4 Å². The molecular weight excluding hydrogens is 480 g/mol. The van der Waals surface area contributed by atoms with Crippen LogP contribution in [0.3, 0.4) is 0 Å². The summed E-state index contributed by atoms with van der Waals surface area (Å²) in [5.74, 6) is -0.316. The highest BCUT2D eigenvalue weighted by Gasteiger charge is 2.25. The zero-order chi connectivity index (χ0) is 26.9. The minimum absolute atomic E-state index is 0.297. The van der Waals surface area contributed by atoms with Gasteiger partial charge in [0.05, 0.1) is 52.9 Å². The lowest BCUT2D eigenvalue weighted by Crippen LogP contribution is -2.49. The summed E-state index contributed by atoms with van der Waals surface area (Å²) in [5, 5.41) is 6.53. The molecule has 0 spiro atoms. The van der Waals surface area contributed by atoms with Gasteiger partial charge in [0.1, 0.15) is 11.6 Å². The number of aromatic nitrogens is 1. The van der Waals surface area contributed by atoms with Crippen LogP contribution in [0, 0.1) is 0 Å². The van der Waals surface area contributed by atoms with Crippen molar-refractivity contribution < 1.29 is 33.3 Å². The van der Waals surface area contributed by atoms with Crippen LogP contribution >= 0.6 is 0 Å². The smallest absolute Gasteiger partial charge is 0.408 e. The lowest BCUT2D eigenvalue weighted by molar-refractivity contribution is -0.123. The number of hydrogen-bond donors (Lipinski definition) is 4. The minimum Gasteiger partial charge on any atom is -0.444 e. The number of benzene rings is 1. The van der Waals surface area contributed by atoms with E-state index in [1.54, 1.807) is 20.8 Å². The first-order valence-corrected chi connectivity index (χ1v) is 12.6. The SMILES string of the molecule is CC(C)(C)OC(=O)N[C@@H](Cc1c[nH]c2ccccc12)C(=O)NCCOCCOCCOCCOCCN. The molecule has 0 radical (unpaired) electrons. The number of amides is 2. The highest BCUT2D eigenvalue weighted by atomic mass is 16.6. The zero-order valence-electron chi connectivity index (χ0n) is 22.2. The number of aromatic amines is 1. The lowest BCUT2D eigenvalue weighted by Gasteiger charge is -2.23. The van der Waals surface area contributed by atoms with Crippen molar-refractivity contribution in [2.24, 2.45) is 5.73 Å². The predicted molar refractivity (Wildman–Crippen MR) is 141 cm³/mol. The van der Waals surface area contributed by atoms with E-state index in [0.717, 1.165) is 16.5 Å². The van der Waals surface area contributed by atoms with Crippen LogP contribution in [0.25, 0.3) is 10.9 Å². The number of nitrogens with one attached hydrogen (secondary N) is 3. The van der Waals surface area contributed by atoms with E-state index in [0.29, 0.717) is 72.4 Å². The molecule has 0 unspecified atom stereocenters. The van der Waals surface area contributed by atoms with Crippen molar-refractivity contribution in [3.8, 4) is 0 Å². The summed E-state index contributed by atoms with van der Waals surface area (Å²) in [6, 6.07) is 7.00. The van der Waals surface area contributed by atoms with Crippen molar-refractivity contribution in [3.63, 3.8) is 0 Å². The molecule has 0 aliphatic heterocycles. The maximum absolute atomic E-state index is 12.9. The van der Waals surface area contributed by atoms with Gasteiger partial charge in [0, 0.05) is 36.6 Å². The largest absolute Gasteiger partial charge is 0.444 e. The number of carbonyl (C=O) groups excluding carboxylic acids is 2. The summed E-state index contributed by atoms with van der Waals surface area (Å²) >= 11 is 0. The van der Waals surface area contributed by atoms with Crippen molar-refractivity contribution >= 4 is 22.9 Å². The van der Waals surface area contributed by atoms with Crippen molar-refractivity contribution in [1.29, 1.82) is 0 Å². The molecule has 11 heteroatoms. The van der Waals surface area contributed by atoms with Crippen molar-refractivity contribution in [1.82, 2.24) is 15.6 Å². The van der Waals surface area contributed by atoms with Gasteiger partial charge in [-0.3, -0.25) is 4.79 Å². The molecule has 5 N–H and O–H groups in total. The monoisotopic (exact) mass is 522 g/mol. The normalized spacial score (nSPS) is 12.4. The topological polar surface area (TPSA) is 146 Å². The Morgan fingerprint density at radius 3 is 2.14 bits per heavy atom. The van der Waals surface area contributed by atoms with E-state index in [1.165, 1.54) is 0 Å². The fraction of sp³-hybridized carbons (Fsp3) is 0.615. The number of rotatable bonds is 18. The lowest BCUT2D eigenvalue weighted by atomic mass is 10.0. The molecule has 1 heterocycles. The Hall–Kier alpha value is -2.70. The highest BCUT2D eigenvalue weighted by molar-refractivity contribution is 5.88. The summed E-state index contributed by atoms with van der Waals surface area (Å²) < 4.78 is 26.9. The molecule has 1 atom stereocenters. The second kappa shape index (κ2) is 16.9. The Morgan fingerprint density at radius 2 is 1.51 bits per heavy atom. The molecule has 0 saturated carbocycles. The van der Waals surface area contributed by atoms with E-state index in [1.807, 2.05) is 30.5 Å². The molecule has 0 saturated heterocycles. The summed E-state index contributed by atoms with van der Waals surface area (Å²) in [6.45, 7) is 9.73. The quantitative estimate of drug-likeness (QED) is 0.217. The molecule has 0 fully saturated rings. The third-order valence-corrected chi connectivity index (χ3v) is 5.03. The standard InChI is InChI=1S/C26H42N4O7/c1-26(2,3)37-25(32)30-23(18-20-19-29-22-7-5-4-6-21(20)22)24(31)28-9-11-34-13-15-36-17-16-35-14-12-33-10-8-27/h4-7,19,23,29H,8-18,27H2,1-3H3,(H,28,31)(H,30,32)/t23-/m0/s1. The van der Waals surface area contributed by atoms with Gasteiger partial charge in [0.2, 0.25) is 5.91 Å². The van der Waals surface area contributed by atoms with Crippen LogP contribution in [0.2, 0.25) is 0 Å². The predicted octanol–water partition coefficient (Wildman–Crippen LogP) is 1.75. The Bertz CT molecular complexity index is 929. The molecule has 1 aromatic carbocycles. The maximum atomic E-state index is 12.9. The molecule has 208 valence electrons. The minimum atomic E-state index is -0.807. The van der Waals surface area contributed by atoms with Crippen LogP contribution in [0.5, 0.6) is 0 Å². The van der Waals surface area contributed by atoms with E-state index < -0.39 is 17.7 Å². The van der Waals surface area contributed by atoms with E-state index in [9.17, 15) is 9.59 Å². The van der Waals surface area contributed by atoms with Crippen LogP contribution in [0.15, 0.2) is 30.5 Å². The summed E-state index contributed by atoms with van der Waals surface area (Å²) in [7, 11) is 0. The molecule has 2 amide bonds. The Labute approximate surface area is 218 Å². The number of ether oxygens (including phenoxy) is 5. The fourth-order valence-electron chi connectivity index (χ4n) is 3.39. The van der Waals surface area contributed by atoms with Gasteiger partial charge in [-0.15, -0.1) is 0 Å². The van der Waals surface area contributed by atoms with Gasteiger partial charge >= 0.3 is 6.09 Å². The summed E-state index contributed by atoms with van der Waals surface area (Å²) in [5.41, 5.74) is 6.55. The van der Waals surface area contributed by atoms with Gasteiger partial charge in [-0.1, -0.05) is 18.2 Å². The van der Waals surface area contributed by atoms with E-state index in [-0.39, 0.29) is 5.91 Å². The maximum Gasteiger partial charge on any atom is 0.408 e. The average molecular weight is 523 g/mol.